The molecule has 2 bridgehead atoms. The molecule has 3 fully saturated rings. The molecule has 2 aromatic rings. The van der Waals surface area contributed by atoms with Gasteiger partial charge in [-0.25, -0.2) is 4.79 Å². The number of fused-ring (bicyclic) bond motifs is 3. The zero-order chi connectivity index (χ0) is 19.6. The number of quaternary nitrogens is 1. The van der Waals surface area contributed by atoms with Crippen molar-refractivity contribution in [3.05, 3.63) is 41.3 Å². The number of benzene rings is 1. The largest absolute Gasteiger partial charge is 0.462 e. The summed E-state index contributed by atoms with van der Waals surface area (Å²) in [5.74, 6) is -0.418. The molecule has 1 aromatic heterocycles. The summed E-state index contributed by atoms with van der Waals surface area (Å²) in [6.45, 7) is 8.83. The summed E-state index contributed by atoms with van der Waals surface area (Å²) >= 11 is 1.38. The molecular weight excluding hydrogens is 374 g/mol. The summed E-state index contributed by atoms with van der Waals surface area (Å²) in [4.78, 5) is 28.0. The van der Waals surface area contributed by atoms with Gasteiger partial charge in [0.2, 0.25) is 0 Å². The Labute approximate surface area is 169 Å². The van der Waals surface area contributed by atoms with Crippen molar-refractivity contribution in [2.45, 2.75) is 6.92 Å². The molecule has 0 radical (unpaired) electrons. The predicted octanol–water partition coefficient (Wildman–Crippen LogP) is 2.68. The normalized spacial score (nSPS) is 23.4. The summed E-state index contributed by atoms with van der Waals surface area (Å²) in [6.07, 6.45) is 0. The van der Waals surface area contributed by atoms with Gasteiger partial charge in [0, 0.05) is 30.6 Å². The molecule has 28 heavy (non-hydrogen) atoms. The molecule has 3 saturated heterocycles. The number of hydrogen-bond donors (Lipinski definition) is 1. The van der Waals surface area contributed by atoms with Crippen LogP contribution in [0.3, 0.4) is 0 Å². The third-order valence-corrected chi connectivity index (χ3v) is 6.65. The Bertz CT molecular complexity index is 843. The molecule has 1 aromatic carbocycles. The molecule has 3 aliphatic rings. The van der Waals surface area contributed by atoms with Crippen LogP contribution in [-0.2, 0) is 9.53 Å². The first-order valence-corrected chi connectivity index (χ1v) is 10.7. The SMILES string of the molecule is CCOC(=O)c1c(-c2ccccc2)csc1NC(=O)C[N+]12CCN(CC1)CC2. The molecule has 5 rings (SSSR count). The number of amides is 1. The number of ether oxygens (including phenoxy) is 1. The van der Waals surface area contributed by atoms with Crippen LogP contribution in [0.4, 0.5) is 5.00 Å². The van der Waals surface area contributed by atoms with Crippen LogP contribution in [0.2, 0.25) is 0 Å². The minimum absolute atomic E-state index is 0.0256. The molecule has 0 atom stereocenters. The number of hydrogen-bond acceptors (Lipinski definition) is 5. The van der Waals surface area contributed by atoms with Crippen molar-refractivity contribution in [2.24, 2.45) is 0 Å². The zero-order valence-electron chi connectivity index (χ0n) is 16.1. The number of nitrogens with zero attached hydrogens (tertiary/aromatic N) is 2. The van der Waals surface area contributed by atoms with E-state index in [0.717, 1.165) is 54.9 Å². The Hall–Kier alpha value is -2.22. The fourth-order valence-corrected chi connectivity index (χ4v) is 5.10. The number of anilines is 1. The third kappa shape index (κ3) is 3.83. The number of thiophene rings is 1. The van der Waals surface area contributed by atoms with E-state index in [9.17, 15) is 9.59 Å². The lowest BCUT2D eigenvalue weighted by Crippen LogP contribution is -2.68. The Morgan fingerprint density at radius 2 is 1.82 bits per heavy atom. The van der Waals surface area contributed by atoms with Crippen LogP contribution in [0, 0.1) is 0 Å². The van der Waals surface area contributed by atoms with Gasteiger partial charge in [-0.05, 0) is 12.5 Å². The number of carbonyl (C=O) groups is 2. The highest BCUT2D eigenvalue weighted by molar-refractivity contribution is 7.15. The highest BCUT2D eigenvalue weighted by atomic mass is 32.1. The fraction of sp³-hybridized carbons (Fsp3) is 0.429. The summed E-state index contributed by atoms with van der Waals surface area (Å²) in [5.41, 5.74) is 2.20. The van der Waals surface area contributed by atoms with Crippen LogP contribution in [0.5, 0.6) is 0 Å². The van der Waals surface area contributed by atoms with Crippen LogP contribution in [-0.4, -0.2) is 73.7 Å². The van der Waals surface area contributed by atoms with E-state index in [2.05, 4.69) is 10.2 Å². The minimum atomic E-state index is -0.392. The maximum absolute atomic E-state index is 12.9. The molecule has 1 amide bonds. The maximum Gasteiger partial charge on any atom is 0.341 e. The summed E-state index contributed by atoms with van der Waals surface area (Å²) in [7, 11) is 0. The number of rotatable bonds is 6. The van der Waals surface area contributed by atoms with Gasteiger partial charge in [0.25, 0.3) is 5.91 Å². The Morgan fingerprint density at radius 3 is 2.46 bits per heavy atom. The molecule has 7 heteroatoms. The predicted molar refractivity (Wildman–Crippen MR) is 111 cm³/mol. The molecule has 1 N–H and O–H groups in total. The van der Waals surface area contributed by atoms with Gasteiger partial charge in [0.1, 0.15) is 10.6 Å². The van der Waals surface area contributed by atoms with E-state index < -0.39 is 5.97 Å². The van der Waals surface area contributed by atoms with E-state index in [-0.39, 0.29) is 5.91 Å². The van der Waals surface area contributed by atoms with Crippen LogP contribution < -0.4 is 5.32 Å². The van der Waals surface area contributed by atoms with E-state index in [1.54, 1.807) is 6.92 Å². The van der Waals surface area contributed by atoms with E-state index in [1.165, 1.54) is 11.3 Å². The van der Waals surface area contributed by atoms with Crippen molar-refractivity contribution in [3.8, 4) is 11.1 Å². The fourth-order valence-electron chi connectivity index (χ4n) is 4.13. The van der Waals surface area contributed by atoms with Crippen molar-refractivity contribution in [1.29, 1.82) is 0 Å². The highest BCUT2D eigenvalue weighted by Gasteiger charge is 2.40. The molecule has 148 valence electrons. The lowest BCUT2D eigenvalue weighted by molar-refractivity contribution is -0.933. The van der Waals surface area contributed by atoms with Gasteiger partial charge in [-0.1, -0.05) is 30.3 Å². The Balaban J connectivity index is 1.56. The van der Waals surface area contributed by atoms with Crippen molar-refractivity contribution in [3.63, 3.8) is 0 Å². The number of esters is 1. The van der Waals surface area contributed by atoms with Gasteiger partial charge >= 0.3 is 5.97 Å². The van der Waals surface area contributed by atoms with Crippen LogP contribution in [0.25, 0.3) is 11.1 Å². The lowest BCUT2D eigenvalue weighted by Gasteiger charge is -2.50. The molecule has 3 aliphatic heterocycles. The van der Waals surface area contributed by atoms with Gasteiger partial charge in [-0.3, -0.25) is 9.69 Å². The van der Waals surface area contributed by atoms with E-state index in [1.807, 2.05) is 35.7 Å². The first kappa shape index (κ1) is 19.1. The van der Waals surface area contributed by atoms with Gasteiger partial charge in [0.05, 0.1) is 26.2 Å². The van der Waals surface area contributed by atoms with Gasteiger partial charge < -0.3 is 14.5 Å². The van der Waals surface area contributed by atoms with Gasteiger partial charge in [0.15, 0.2) is 6.54 Å². The maximum atomic E-state index is 12.9. The van der Waals surface area contributed by atoms with Crippen molar-refractivity contribution in [1.82, 2.24) is 4.90 Å². The monoisotopic (exact) mass is 400 g/mol. The number of carbonyl (C=O) groups excluding carboxylic acids is 2. The van der Waals surface area contributed by atoms with Crippen molar-refractivity contribution in [2.75, 3.05) is 57.7 Å². The van der Waals surface area contributed by atoms with Crippen LogP contribution in [0.15, 0.2) is 35.7 Å². The average Bonchev–Trinajstić information content (AvgIpc) is 3.13. The highest BCUT2D eigenvalue weighted by Crippen LogP contribution is 2.36. The van der Waals surface area contributed by atoms with Crippen LogP contribution >= 0.6 is 11.3 Å². The summed E-state index contributed by atoms with van der Waals surface area (Å²) < 4.78 is 6.13. The summed E-state index contributed by atoms with van der Waals surface area (Å²) in [5, 5.41) is 5.51. The quantitative estimate of drug-likeness (QED) is 0.598. The van der Waals surface area contributed by atoms with Gasteiger partial charge in [-0.2, -0.15) is 0 Å². The molecule has 0 saturated carbocycles. The van der Waals surface area contributed by atoms with Crippen molar-refractivity contribution < 1.29 is 18.8 Å². The van der Waals surface area contributed by atoms with Crippen molar-refractivity contribution >= 4 is 28.2 Å². The summed E-state index contributed by atoms with van der Waals surface area (Å²) in [6, 6.07) is 9.73. The molecule has 4 heterocycles. The second kappa shape index (κ2) is 8.03. The topological polar surface area (TPSA) is 58.6 Å². The molecular formula is C21H26N3O3S+. The number of nitrogens with one attached hydrogen (secondary N) is 1. The number of piperazine rings is 3. The van der Waals surface area contributed by atoms with E-state index in [4.69, 9.17) is 4.74 Å². The standard InChI is InChI=1S/C21H25N3O3S/c1-2-27-21(26)19-17(16-6-4-3-5-7-16)15-28-20(19)22-18(25)14-24-11-8-23(9-12-24)10-13-24/h3-7,15H,2,8-14H2,1H3/p+1. The van der Waals surface area contributed by atoms with E-state index >= 15 is 0 Å². The Morgan fingerprint density at radius 1 is 1.14 bits per heavy atom. The zero-order valence-corrected chi connectivity index (χ0v) is 17.0. The smallest absolute Gasteiger partial charge is 0.341 e. The Kier molecular flexibility index (Phi) is 5.48. The molecule has 6 nitrogen and oxygen atoms in total. The lowest BCUT2D eigenvalue weighted by atomic mass is 10.0. The first-order chi connectivity index (χ1) is 13.6. The molecule has 0 aliphatic carbocycles. The minimum Gasteiger partial charge on any atom is -0.462 e. The third-order valence-electron chi connectivity index (χ3n) is 5.76. The van der Waals surface area contributed by atoms with Crippen LogP contribution in [0.1, 0.15) is 17.3 Å². The first-order valence-electron chi connectivity index (χ1n) is 9.81. The average molecular weight is 401 g/mol. The van der Waals surface area contributed by atoms with E-state index in [0.29, 0.717) is 23.7 Å². The second-order valence-corrected chi connectivity index (χ2v) is 8.38. The molecule has 0 spiro atoms. The van der Waals surface area contributed by atoms with Gasteiger partial charge in [-0.15, -0.1) is 11.3 Å². The second-order valence-electron chi connectivity index (χ2n) is 7.50. The molecule has 0 unspecified atom stereocenters.